The van der Waals surface area contributed by atoms with Crippen LogP contribution < -0.4 is 0 Å². The Labute approximate surface area is 296 Å². The standard InChI is InChI=1S/C10H22O4.C10H22O3.C8H18O3.C8H18O2/c1-10(2)14-9-8-13-7-6-12-5-4-11-3;1-10(2)13-9-8-12-7-5-3-4-6-11;1-8(2)11-7-6-10-5-4-9-3;1-4-5-9-6-7-10-8(2)3/h10H,4-9H2,1-3H3;10-11H,3-9H2,1-2H3;8H,4-7H2,1-3H3;8H,4-7H2,1-3H3. The van der Waals surface area contributed by atoms with Gasteiger partial charge in [-0.3, -0.25) is 0 Å². The highest BCUT2D eigenvalue weighted by atomic mass is 16.6. The van der Waals surface area contributed by atoms with E-state index in [0.29, 0.717) is 91.5 Å². The molecule has 0 aromatic rings. The lowest BCUT2D eigenvalue weighted by Crippen LogP contribution is -2.13. The van der Waals surface area contributed by atoms with Crippen molar-refractivity contribution in [3.8, 4) is 0 Å². The molecule has 0 atom stereocenters. The molecule has 0 aliphatic heterocycles. The van der Waals surface area contributed by atoms with Crippen molar-refractivity contribution in [2.75, 3.05) is 127 Å². The number of hydrogen-bond acceptors (Lipinski definition) is 12. The summed E-state index contributed by atoms with van der Waals surface area (Å²) in [6, 6.07) is 0. The third-order valence-corrected chi connectivity index (χ3v) is 5.25. The van der Waals surface area contributed by atoms with Crippen LogP contribution >= 0.6 is 0 Å². The van der Waals surface area contributed by atoms with Crippen molar-refractivity contribution in [3.05, 3.63) is 0 Å². The third-order valence-electron chi connectivity index (χ3n) is 5.25. The molecule has 48 heavy (non-hydrogen) atoms. The van der Waals surface area contributed by atoms with Crippen LogP contribution in [0.4, 0.5) is 0 Å². The maximum absolute atomic E-state index is 8.51. The number of rotatable bonds is 32. The van der Waals surface area contributed by atoms with Gasteiger partial charge in [-0.25, -0.2) is 0 Å². The fourth-order valence-electron chi connectivity index (χ4n) is 2.92. The van der Waals surface area contributed by atoms with Crippen molar-refractivity contribution < 1.29 is 57.2 Å². The monoisotopic (exact) mass is 705 g/mol. The average Bonchev–Trinajstić information content (AvgIpc) is 3.03. The van der Waals surface area contributed by atoms with E-state index < -0.39 is 0 Å². The van der Waals surface area contributed by atoms with Crippen LogP contribution in [0.5, 0.6) is 0 Å². The van der Waals surface area contributed by atoms with Crippen molar-refractivity contribution in [1.82, 2.24) is 0 Å². The van der Waals surface area contributed by atoms with E-state index in [4.69, 9.17) is 57.2 Å². The van der Waals surface area contributed by atoms with E-state index in [0.717, 1.165) is 52.1 Å². The van der Waals surface area contributed by atoms with Gasteiger partial charge in [-0.2, -0.15) is 0 Å². The molecule has 1 N–H and O–H groups in total. The van der Waals surface area contributed by atoms with Gasteiger partial charge in [0, 0.05) is 34.0 Å². The molecule has 0 heterocycles. The fraction of sp³-hybridized carbons (Fsp3) is 1.00. The predicted octanol–water partition coefficient (Wildman–Crippen LogP) is 5.59. The average molecular weight is 705 g/mol. The molecule has 296 valence electrons. The quantitative estimate of drug-likeness (QED) is 0.0879. The summed E-state index contributed by atoms with van der Waals surface area (Å²) < 4.78 is 56.9. The summed E-state index contributed by atoms with van der Waals surface area (Å²) in [7, 11) is 3.32. The molecule has 0 rings (SSSR count). The second kappa shape index (κ2) is 50.9. The summed E-state index contributed by atoms with van der Waals surface area (Å²) in [5, 5.41) is 8.51. The van der Waals surface area contributed by atoms with Gasteiger partial charge in [-0.1, -0.05) is 6.92 Å². The zero-order valence-electron chi connectivity index (χ0n) is 33.1. The molecule has 0 fully saturated rings. The van der Waals surface area contributed by atoms with Crippen molar-refractivity contribution in [2.24, 2.45) is 0 Å². The summed E-state index contributed by atoms with van der Waals surface area (Å²) in [5.41, 5.74) is 0. The first-order valence-electron chi connectivity index (χ1n) is 18.0. The number of methoxy groups -OCH3 is 2. The summed E-state index contributed by atoms with van der Waals surface area (Å²) >= 11 is 0. The summed E-state index contributed by atoms with van der Waals surface area (Å²) in [6.45, 7) is 29.3. The van der Waals surface area contributed by atoms with E-state index in [1.807, 2.05) is 55.4 Å². The SMILES string of the molecule is CC(C)OCCOCCCCCO.CCCOCCOC(C)C.COCCOCCOC(C)C.COCCOCCOCCOC(C)C. The van der Waals surface area contributed by atoms with Gasteiger partial charge in [-0.15, -0.1) is 0 Å². The Morgan fingerprint density at radius 3 is 0.938 bits per heavy atom. The lowest BCUT2D eigenvalue weighted by molar-refractivity contribution is -0.00820. The zero-order valence-corrected chi connectivity index (χ0v) is 33.1. The van der Waals surface area contributed by atoms with E-state index in [2.05, 4.69) is 6.92 Å². The Kier molecular flexibility index (Phi) is 57.6. The molecule has 0 saturated heterocycles. The Morgan fingerprint density at radius 1 is 0.354 bits per heavy atom. The molecular formula is C36H80O12. The van der Waals surface area contributed by atoms with Gasteiger partial charge in [0.05, 0.1) is 117 Å². The Morgan fingerprint density at radius 2 is 0.646 bits per heavy atom. The van der Waals surface area contributed by atoms with Crippen LogP contribution in [0.15, 0.2) is 0 Å². The molecule has 0 aromatic heterocycles. The smallest absolute Gasteiger partial charge is 0.0703 e. The van der Waals surface area contributed by atoms with E-state index in [1.165, 1.54) is 0 Å². The lowest BCUT2D eigenvalue weighted by Gasteiger charge is -2.08. The minimum Gasteiger partial charge on any atom is -0.396 e. The zero-order chi connectivity index (χ0) is 36.9. The number of unbranched alkanes of at least 4 members (excludes halogenated alkanes) is 2. The van der Waals surface area contributed by atoms with Gasteiger partial charge in [0.2, 0.25) is 0 Å². The van der Waals surface area contributed by atoms with Crippen LogP contribution in [-0.2, 0) is 52.1 Å². The van der Waals surface area contributed by atoms with Crippen molar-refractivity contribution in [3.63, 3.8) is 0 Å². The van der Waals surface area contributed by atoms with Gasteiger partial charge in [0.1, 0.15) is 0 Å². The number of aliphatic hydroxyl groups excluding tert-OH is 1. The van der Waals surface area contributed by atoms with Crippen LogP contribution in [0, 0.1) is 0 Å². The molecule has 0 radical (unpaired) electrons. The van der Waals surface area contributed by atoms with E-state index in [9.17, 15) is 0 Å². The highest BCUT2D eigenvalue weighted by molar-refractivity contribution is 4.41. The second-order valence-electron chi connectivity index (χ2n) is 11.5. The van der Waals surface area contributed by atoms with Gasteiger partial charge < -0.3 is 57.2 Å². The molecular weight excluding hydrogens is 624 g/mol. The van der Waals surface area contributed by atoms with Gasteiger partial charge in [0.15, 0.2) is 0 Å². The maximum Gasteiger partial charge on any atom is 0.0703 e. The Hall–Kier alpha value is -0.480. The Balaban J connectivity index is -0.000000271. The molecule has 0 aromatic carbocycles. The van der Waals surface area contributed by atoms with Crippen LogP contribution in [0.1, 0.15) is 88.0 Å². The molecule has 0 aliphatic rings. The van der Waals surface area contributed by atoms with Gasteiger partial charge >= 0.3 is 0 Å². The van der Waals surface area contributed by atoms with E-state index >= 15 is 0 Å². The fourth-order valence-corrected chi connectivity index (χ4v) is 2.92. The van der Waals surface area contributed by atoms with Crippen LogP contribution in [0.2, 0.25) is 0 Å². The molecule has 0 saturated carbocycles. The molecule has 12 nitrogen and oxygen atoms in total. The summed E-state index contributed by atoms with van der Waals surface area (Å²) in [4.78, 5) is 0. The molecule has 12 heteroatoms. The van der Waals surface area contributed by atoms with Crippen molar-refractivity contribution in [1.29, 1.82) is 0 Å². The van der Waals surface area contributed by atoms with Gasteiger partial charge in [0.25, 0.3) is 0 Å². The molecule has 0 unspecified atom stereocenters. The molecule has 0 aliphatic carbocycles. The topological polar surface area (TPSA) is 122 Å². The maximum atomic E-state index is 8.51. The predicted molar refractivity (Wildman–Crippen MR) is 193 cm³/mol. The van der Waals surface area contributed by atoms with E-state index in [1.54, 1.807) is 14.2 Å². The summed E-state index contributed by atoms with van der Waals surface area (Å²) in [6.07, 6.45) is 5.22. The van der Waals surface area contributed by atoms with E-state index in [-0.39, 0.29) is 18.8 Å². The number of aliphatic hydroxyl groups is 1. The largest absolute Gasteiger partial charge is 0.396 e. The minimum atomic E-state index is 0.275. The van der Waals surface area contributed by atoms with Crippen LogP contribution in [-0.4, -0.2) is 156 Å². The number of ether oxygens (including phenoxy) is 11. The van der Waals surface area contributed by atoms with Crippen LogP contribution in [0.25, 0.3) is 0 Å². The molecule has 0 bridgehead atoms. The van der Waals surface area contributed by atoms with Crippen LogP contribution in [0.3, 0.4) is 0 Å². The Bertz CT molecular complexity index is 511. The third kappa shape index (κ3) is 71.5. The summed E-state index contributed by atoms with van der Waals surface area (Å²) in [5.74, 6) is 0. The molecule has 0 amide bonds. The van der Waals surface area contributed by atoms with Gasteiger partial charge in [-0.05, 0) is 81.1 Å². The lowest BCUT2D eigenvalue weighted by atomic mass is 10.2. The first-order chi connectivity index (χ1) is 23.1. The molecule has 0 spiro atoms. The normalized spacial score (nSPS) is 11.0. The number of hydrogen-bond donors (Lipinski definition) is 1. The second-order valence-corrected chi connectivity index (χ2v) is 11.5. The van der Waals surface area contributed by atoms with Crippen molar-refractivity contribution >= 4 is 0 Å². The first-order valence-corrected chi connectivity index (χ1v) is 18.0. The highest BCUT2D eigenvalue weighted by Crippen LogP contribution is 1.95. The first kappa shape index (κ1) is 54.3. The van der Waals surface area contributed by atoms with Crippen molar-refractivity contribution in [2.45, 2.75) is 112 Å². The highest BCUT2D eigenvalue weighted by Gasteiger charge is 1.95. The minimum absolute atomic E-state index is 0.275.